The molecule has 20 heavy (non-hydrogen) atoms. The van der Waals surface area contributed by atoms with Crippen LogP contribution < -0.4 is 9.64 Å². The van der Waals surface area contributed by atoms with Gasteiger partial charge in [0.15, 0.2) is 0 Å². The monoisotopic (exact) mass is 342 g/mol. The molecule has 112 valence electrons. The highest BCUT2D eigenvalue weighted by Gasteiger charge is 2.26. The second kappa shape index (κ2) is 7.43. The van der Waals surface area contributed by atoms with Crippen molar-refractivity contribution in [3.05, 3.63) is 28.7 Å². The second-order valence-corrected chi connectivity index (χ2v) is 7.06. The standard InChI is InChI=1S/C16H24BrNO2/c1-12-7-13(2)9-18(8-12)10-14(19)11-20-16-6-4-3-5-15(16)17/h3-6,12-14,19H,7-11H2,1-2H3/p+1/t12-,13-,14+/m1/s1. The molecule has 1 heterocycles. The predicted octanol–water partition coefficient (Wildman–Crippen LogP) is 1.75. The van der Waals surface area contributed by atoms with Gasteiger partial charge in [-0.25, -0.2) is 0 Å². The fourth-order valence-electron chi connectivity index (χ4n) is 3.23. The molecule has 0 aliphatic carbocycles. The van der Waals surface area contributed by atoms with Gasteiger partial charge in [-0.3, -0.25) is 0 Å². The Bertz CT molecular complexity index is 417. The quantitative estimate of drug-likeness (QED) is 0.854. The van der Waals surface area contributed by atoms with Crippen LogP contribution in [0, 0.1) is 11.8 Å². The molecule has 3 atom stereocenters. The van der Waals surface area contributed by atoms with Crippen molar-refractivity contribution in [3.8, 4) is 5.75 Å². The largest absolute Gasteiger partial charge is 0.489 e. The van der Waals surface area contributed by atoms with Crippen LogP contribution in [0.3, 0.4) is 0 Å². The summed E-state index contributed by atoms with van der Waals surface area (Å²) >= 11 is 3.45. The second-order valence-electron chi connectivity index (χ2n) is 6.20. The molecule has 0 amide bonds. The molecule has 1 fully saturated rings. The zero-order chi connectivity index (χ0) is 14.5. The molecule has 1 saturated heterocycles. The number of ether oxygens (including phenoxy) is 1. The van der Waals surface area contributed by atoms with Gasteiger partial charge in [0.2, 0.25) is 0 Å². The Hall–Kier alpha value is -0.580. The van der Waals surface area contributed by atoms with Gasteiger partial charge in [-0.15, -0.1) is 0 Å². The van der Waals surface area contributed by atoms with Crippen LogP contribution in [0.5, 0.6) is 5.75 Å². The van der Waals surface area contributed by atoms with E-state index in [0.29, 0.717) is 6.61 Å². The van der Waals surface area contributed by atoms with E-state index in [4.69, 9.17) is 4.74 Å². The third kappa shape index (κ3) is 4.76. The number of piperidine rings is 1. The summed E-state index contributed by atoms with van der Waals surface area (Å²) in [6.45, 7) is 8.07. The Morgan fingerprint density at radius 3 is 2.60 bits per heavy atom. The fraction of sp³-hybridized carbons (Fsp3) is 0.625. The number of hydrogen-bond acceptors (Lipinski definition) is 2. The number of nitrogens with one attached hydrogen (secondary N) is 1. The van der Waals surface area contributed by atoms with Crippen molar-refractivity contribution in [1.82, 2.24) is 0 Å². The molecule has 0 saturated carbocycles. The Balaban J connectivity index is 1.78. The van der Waals surface area contributed by atoms with E-state index < -0.39 is 6.10 Å². The Morgan fingerprint density at radius 1 is 1.30 bits per heavy atom. The van der Waals surface area contributed by atoms with E-state index in [0.717, 1.165) is 41.7 Å². The summed E-state index contributed by atoms with van der Waals surface area (Å²) in [5, 5.41) is 10.2. The van der Waals surface area contributed by atoms with Gasteiger partial charge in [-0.05, 0) is 34.5 Å². The number of rotatable bonds is 5. The van der Waals surface area contributed by atoms with Gasteiger partial charge in [-0.1, -0.05) is 26.0 Å². The average Bonchev–Trinajstić information content (AvgIpc) is 2.36. The molecule has 0 bridgehead atoms. The number of para-hydroxylation sites is 1. The van der Waals surface area contributed by atoms with Crippen LogP contribution in [-0.4, -0.2) is 37.5 Å². The first-order chi connectivity index (χ1) is 9.54. The normalized spacial score (nSPS) is 28.1. The number of aliphatic hydroxyl groups excluding tert-OH is 1. The molecule has 2 rings (SSSR count). The van der Waals surface area contributed by atoms with Gasteiger partial charge in [-0.2, -0.15) is 0 Å². The first-order valence-corrected chi connectivity index (χ1v) is 8.23. The lowest BCUT2D eigenvalue weighted by Gasteiger charge is -2.33. The molecule has 0 unspecified atom stereocenters. The van der Waals surface area contributed by atoms with E-state index >= 15 is 0 Å². The van der Waals surface area contributed by atoms with Crippen LogP contribution in [0.1, 0.15) is 20.3 Å². The van der Waals surface area contributed by atoms with Gasteiger partial charge in [0.25, 0.3) is 0 Å². The van der Waals surface area contributed by atoms with Gasteiger partial charge < -0.3 is 14.7 Å². The molecular weight excluding hydrogens is 318 g/mol. The maximum Gasteiger partial charge on any atom is 0.137 e. The molecule has 1 aliphatic rings. The van der Waals surface area contributed by atoms with E-state index in [1.807, 2.05) is 24.3 Å². The maximum atomic E-state index is 10.2. The molecule has 1 aromatic rings. The van der Waals surface area contributed by atoms with E-state index in [2.05, 4.69) is 29.8 Å². The van der Waals surface area contributed by atoms with Crippen LogP contribution in [0.2, 0.25) is 0 Å². The van der Waals surface area contributed by atoms with Crippen molar-refractivity contribution in [2.24, 2.45) is 11.8 Å². The Labute approximate surface area is 130 Å². The molecule has 1 aliphatic heterocycles. The van der Waals surface area contributed by atoms with Gasteiger partial charge in [0, 0.05) is 11.8 Å². The van der Waals surface area contributed by atoms with Crippen molar-refractivity contribution in [1.29, 1.82) is 0 Å². The minimum Gasteiger partial charge on any atom is -0.489 e. The summed E-state index contributed by atoms with van der Waals surface area (Å²) in [6.07, 6.45) is 0.905. The molecule has 2 N–H and O–H groups in total. The maximum absolute atomic E-state index is 10.2. The van der Waals surface area contributed by atoms with Crippen LogP contribution in [0.15, 0.2) is 28.7 Å². The zero-order valence-corrected chi connectivity index (χ0v) is 13.9. The molecule has 3 nitrogen and oxygen atoms in total. The molecule has 0 spiro atoms. The van der Waals surface area contributed by atoms with E-state index in [1.54, 1.807) is 0 Å². The zero-order valence-electron chi connectivity index (χ0n) is 12.3. The Kier molecular flexibility index (Phi) is 5.87. The highest BCUT2D eigenvalue weighted by molar-refractivity contribution is 9.10. The summed E-state index contributed by atoms with van der Waals surface area (Å²) in [5.41, 5.74) is 0. The third-order valence-electron chi connectivity index (χ3n) is 3.87. The molecule has 4 heteroatoms. The fourth-order valence-corrected chi connectivity index (χ4v) is 3.63. The Morgan fingerprint density at radius 2 is 1.95 bits per heavy atom. The van der Waals surface area contributed by atoms with Crippen LogP contribution in [-0.2, 0) is 0 Å². The summed E-state index contributed by atoms with van der Waals surface area (Å²) in [7, 11) is 0. The number of benzene rings is 1. The third-order valence-corrected chi connectivity index (χ3v) is 4.53. The first kappa shape index (κ1) is 15.8. The molecule has 1 aromatic carbocycles. The number of aliphatic hydroxyl groups is 1. The predicted molar refractivity (Wildman–Crippen MR) is 84.2 cm³/mol. The summed E-state index contributed by atoms with van der Waals surface area (Å²) in [5.74, 6) is 2.30. The van der Waals surface area contributed by atoms with Gasteiger partial charge in [0.05, 0.1) is 17.6 Å². The lowest BCUT2D eigenvalue weighted by atomic mass is 9.92. The number of likely N-dealkylation sites (tertiary alicyclic amines) is 1. The van der Waals surface area contributed by atoms with Crippen LogP contribution >= 0.6 is 15.9 Å². The van der Waals surface area contributed by atoms with E-state index in [-0.39, 0.29) is 0 Å². The number of quaternary nitrogens is 1. The minimum atomic E-state index is -0.408. The summed E-state index contributed by atoms with van der Waals surface area (Å²) < 4.78 is 6.61. The van der Waals surface area contributed by atoms with Crippen LogP contribution in [0.25, 0.3) is 0 Å². The van der Waals surface area contributed by atoms with Gasteiger partial charge in [0.1, 0.15) is 25.0 Å². The lowest BCUT2D eigenvalue weighted by molar-refractivity contribution is -0.915. The SMILES string of the molecule is C[C@@H]1C[C@@H](C)C[NH+](C[C@H](O)COc2ccccc2Br)C1. The van der Waals surface area contributed by atoms with E-state index in [1.165, 1.54) is 11.3 Å². The molecular formula is C16H25BrNO2+. The number of hydrogen-bond donors (Lipinski definition) is 2. The minimum absolute atomic E-state index is 0.356. The topological polar surface area (TPSA) is 33.9 Å². The molecule has 0 radical (unpaired) electrons. The van der Waals surface area contributed by atoms with Crippen molar-refractivity contribution < 1.29 is 14.7 Å². The first-order valence-electron chi connectivity index (χ1n) is 7.43. The number of halogens is 1. The van der Waals surface area contributed by atoms with Crippen molar-refractivity contribution in [2.75, 3.05) is 26.2 Å². The summed E-state index contributed by atoms with van der Waals surface area (Å²) in [6, 6.07) is 7.75. The highest BCUT2D eigenvalue weighted by atomic mass is 79.9. The molecule has 0 aromatic heterocycles. The van der Waals surface area contributed by atoms with Crippen molar-refractivity contribution in [3.63, 3.8) is 0 Å². The average molecular weight is 343 g/mol. The van der Waals surface area contributed by atoms with Crippen LogP contribution in [0.4, 0.5) is 0 Å². The van der Waals surface area contributed by atoms with Gasteiger partial charge >= 0.3 is 0 Å². The summed E-state index contributed by atoms with van der Waals surface area (Å²) in [4.78, 5) is 1.50. The smallest absolute Gasteiger partial charge is 0.137 e. The lowest BCUT2D eigenvalue weighted by Crippen LogP contribution is -3.15. The van der Waals surface area contributed by atoms with Crippen molar-refractivity contribution >= 4 is 15.9 Å². The highest BCUT2D eigenvalue weighted by Crippen LogP contribution is 2.23. The van der Waals surface area contributed by atoms with Crippen molar-refractivity contribution in [2.45, 2.75) is 26.4 Å². The van der Waals surface area contributed by atoms with E-state index in [9.17, 15) is 5.11 Å².